The van der Waals surface area contributed by atoms with Crippen LogP contribution in [-0.4, -0.2) is 14.9 Å². The number of anilines is 1. The molecule has 0 spiro atoms. The molecule has 2 atom stereocenters. The summed E-state index contributed by atoms with van der Waals surface area (Å²) in [6.07, 6.45) is 9.15. The Hall–Kier alpha value is -1.26. The SMILES string of the molecule is CC12CC3CC(C)(C1)CC(Cc1nnc(N)n1N)(C3)C2. The van der Waals surface area contributed by atoms with Crippen molar-refractivity contribution in [3.05, 3.63) is 5.82 Å². The minimum atomic E-state index is 0.321. The topological polar surface area (TPSA) is 82.8 Å². The maximum absolute atomic E-state index is 5.96. The maximum Gasteiger partial charge on any atom is 0.240 e. The van der Waals surface area contributed by atoms with Crippen molar-refractivity contribution in [2.45, 2.75) is 58.8 Å². The van der Waals surface area contributed by atoms with Gasteiger partial charge in [-0.05, 0) is 60.7 Å². The van der Waals surface area contributed by atoms with Crippen LogP contribution in [0.25, 0.3) is 0 Å². The first kappa shape index (κ1) is 12.5. The Morgan fingerprint density at radius 1 is 1.10 bits per heavy atom. The molecule has 0 aromatic carbocycles. The molecule has 0 radical (unpaired) electrons. The lowest BCUT2D eigenvalue weighted by molar-refractivity contribution is -0.145. The van der Waals surface area contributed by atoms with Gasteiger partial charge in [-0.15, -0.1) is 10.2 Å². The Morgan fingerprint density at radius 2 is 1.75 bits per heavy atom. The molecular weight excluding hydrogens is 250 g/mol. The minimum absolute atomic E-state index is 0.321. The van der Waals surface area contributed by atoms with Crippen LogP contribution < -0.4 is 11.6 Å². The van der Waals surface area contributed by atoms with Crippen LogP contribution in [0.2, 0.25) is 0 Å². The molecule has 2 unspecified atom stereocenters. The van der Waals surface area contributed by atoms with E-state index in [2.05, 4.69) is 24.0 Å². The largest absolute Gasteiger partial charge is 0.366 e. The summed E-state index contributed by atoms with van der Waals surface area (Å²) in [5.41, 5.74) is 7.15. The normalized spacial score (nSPS) is 46.0. The first-order valence-electron chi connectivity index (χ1n) is 7.76. The van der Waals surface area contributed by atoms with Crippen molar-refractivity contribution in [3.63, 3.8) is 0 Å². The van der Waals surface area contributed by atoms with Gasteiger partial charge in [0.15, 0.2) is 5.82 Å². The van der Waals surface area contributed by atoms with E-state index < -0.39 is 0 Å². The van der Waals surface area contributed by atoms with Gasteiger partial charge < -0.3 is 11.6 Å². The Balaban J connectivity index is 1.69. The molecule has 4 aliphatic rings. The quantitative estimate of drug-likeness (QED) is 0.810. The molecular formula is C15H25N5. The average molecular weight is 275 g/mol. The van der Waals surface area contributed by atoms with Crippen LogP contribution in [0.5, 0.6) is 0 Å². The van der Waals surface area contributed by atoms with Gasteiger partial charge >= 0.3 is 0 Å². The zero-order valence-corrected chi connectivity index (χ0v) is 12.5. The minimum Gasteiger partial charge on any atom is -0.366 e. The standard InChI is InChI=1S/C15H25N5/c1-13-3-10-4-14(2,7-13)9-15(5-10,8-13)6-11-18-19-12(16)20(11)17/h10H,3-9,17H2,1-2H3,(H2,16,19). The van der Waals surface area contributed by atoms with Crippen LogP contribution in [0.1, 0.15) is 58.2 Å². The molecule has 5 nitrogen and oxygen atoms in total. The van der Waals surface area contributed by atoms with Crippen LogP contribution in [0, 0.1) is 22.2 Å². The van der Waals surface area contributed by atoms with Crippen molar-refractivity contribution in [1.82, 2.24) is 14.9 Å². The molecule has 5 heteroatoms. The Morgan fingerprint density at radius 3 is 2.25 bits per heavy atom. The second kappa shape index (κ2) is 3.49. The van der Waals surface area contributed by atoms with E-state index >= 15 is 0 Å². The van der Waals surface area contributed by atoms with E-state index in [1.807, 2.05) is 0 Å². The predicted octanol–water partition coefficient (Wildman–Crippen LogP) is 2.11. The highest BCUT2D eigenvalue weighted by Crippen LogP contribution is 2.70. The van der Waals surface area contributed by atoms with Crippen LogP contribution in [0.3, 0.4) is 0 Å². The van der Waals surface area contributed by atoms with Crippen molar-refractivity contribution >= 4 is 5.95 Å². The van der Waals surface area contributed by atoms with Gasteiger partial charge in [0.25, 0.3) is 0 Å². The van der Waals surface area contributed by atoms with Gasteiger partial charge in [0.1, 0.15) is 0 Å². The molecule has 110 valence electrons. The highest BCUT2D eigenvalue weighted by Gasteiger charge is 2.60. The number of aromatic nitrogens is 3. The monoisotopic (exact) mass is 275 g/mol. The molecule has 20 heavy (non-hydrogen) atoms. The van der Waals surface area contributed by atoms with Crippen molar-refractivity contribution in [2.75, 3.05) is 11.6 Å². The number of nitrogens with two attached hydrogens (primary N) is 2. The molecule has 5 rings (SSSR count). The van der Waals surface area contributed by atoms with Gasteiger partial charge in [-0.3, -0.25) is 0 Å². The molecule has 1 aromatic heterocycles. The highest BCUT2D eigenvalue weighted by atomic mass is 15.4. The number of hydrogen-bond acceptors (Lipinski definition) is 4. The van der Waals surface area contributed by atoms with E-state index in [1.54, 1.807) is 0 Å². The molecule has 1 aromatic rings. The van der Waals surface area contributed by atoms with Crippen LogP contribution in [0.15, 0.2) is 0 Å². The maximum atomic E-state index is 5.96. The van der Waals surface area contributed by atoms with Gasteiger partial charge in [0.2, 0.25) is 5.95 Å². The first-order valence-corrected chi connectivity index (χ1v) is 7.76. The average Bonchev–Trinajstić information content (AvgIpc) is 2.55. The first-order chi connectivity index (χ1) is 9.31. The molecule has 0 saturated heterocycles. The summed E-state index contributed by atoms with van der Waals surface area (Å²) in [7, 11) is 0. The predicted molar refractivity (Wildman–Crippen MR) is 78.1 cm³/mol. The summed E-state index contributed by atoms with van der Waals surface area (Å²) in [6.45, 7) is 4.98. The fourth-order valence-corrected chi connectivity index (χ4v) is 6.67. The Kier molecular flexibility index (Phi) is 2.18. The lowest BCUT2D eigenvalue weighted by atomic mass is 9.40. The van der Waals surface area contributed by atoms with Crippen molar-refractivity contribution in [1.29, 1.82) is 0 Å². The number of nitrogens with zero attached hydrogens (tertiary/aromatic N) is 3. The van der Waals surface area contributed by atoms with E-state index in [1.165, 1.54) is 43.2 Å². The molecule has 0 aliphatic heterocycles. The molecule has 4 N–H and O–H groups in total. The van der Waals surface area contributed by atoms with Gasteiger partial charge in [-0.25, -0.2) is 4.68 Å². The van der Waals surface area contributed by atoms with Crippen LogP contribution in [-0.2, 0) is 6.42 Å². The summed E-state index contributed by atoms with van der Waals surface area (Å²) in [5, 5.41) is 8.11. The summed E-state index contributed by atoms with van der Waals surface area (Å²) >= 11 is 0. The molecule has 4 bridgehead atoms. The van der Waals surface area contributed by atoms with E-state index in [4.69, 9.17) is 11.6 Å². The molecule has 0 amide bonds. The highest BCUT2D eigenvalue weighted by molar-refractivity contribution is 5.19. The molecule has 4 aliphatic carbocycles. The lowest BCUT2D eigenvalue weighted by Gasteiger charge is -2.65. The smallest absolute Gasteiger partial charge is 0.240 e. The van der Waals surface area contributed by atoms with E-state index in [9.17, 15) is 0 Å². The van der Waals surface area contributed by atoms with E-state index in [-0.39, 0.29) is 0 Å². The summed E-state index contributed by atoms with van der Waals surface area (Å²) < 4.78 is 1.48. The number of nitrogen functional groups attached to an aromatic ring is 2. The molecule has 4 saturated carbocycles. The fourth-order valence-electron chi connectivity index (χ4n) is 6.67. The lowest BCUT2D eigenvalue weighted by Crippen LogP contribution is -2.55. The van der Waals surface area contributed by atoms with E-state index in [0.29, 0.717) is 22.2 Å². The van der Waals surface area contributed by atoms with Crippen LogP contribution in [0.4, 0.5) is 5.95 Å². The van der Waals surface area contributed by atoms with Crippen molar-refractivity contribution in [3.8, 4) is 0 Å². The van der Waals surface area contributed by atoms with Crippen molar-refractivity contribution in [2.24, 2.45) is 22.2 Å². The zero-order valence-electron chi connectivity index (χ0n) is 12.5. The summed E-state index contributed by atoms with van der Waals surface area (Å²) in [4.78, 5) is 0. The summed E-state index contributed by atoms with van der Waals surface area (Å²) in [5.74, 6) is 8.04. The number of hydrogen-bond donors (Lipinski definition) is 2. The van der Waals surface area contributed by atoms with E-state index in [0.717, 1.165) is 18.2 Å². The summed E-state index contributed by atoms with van der Waals surface area (Å²) in [6, 6.07) is 0. The fraction of sp³-hybridized carbons (Fsp3) is 0.867. The third-order valence-corrected chi connectivity index (χ3v) is 6.07. The third kappa shape index (κ3) is 1.68. The van der Waals surface area contributed by atoms with Crippen LogP contribution >= 0.6 is 0 Å². The third-order valence-electron chi connectivity index (χ3n) is 6.07. The van der Waals surface area contributed by atoms with Crippen molar-refractivity contribution < 1.29 is 0 Å². The second-order valence-corrected chi connectivity index (χ2v) is 8.65. The van der Waals surface area contributed by atoms with Gasteiger partial charge in [-0.2, -0.15) is 0 Å². The van der Waals surface area contributed by atoms with Gasteiger partial charge in [0, 0.05) is 6.42 Å². The number of rotatable bonds is 2. The zero-order chi connectivity index (χ0) is 14.2. The molecule has 1 heterocycles. The second-order valence-electron chi connectivity index (χ2n) is 8.65. The van der Waals surface area contributed by atoms with Gasteiger partial charge in [0.05, 0.1) is 0 Å². The molecule has 4 fully saturated rings. The van der Waals surface area contributed by atoms with Gasteiger partial charge in [-0.1, -0.05) is 13.8 Å². The Bertz CT molecular complexity index is 545. The Labute approximate surface area is 120 Å².